The third-order valence-corrected chi connectivity index (χ3v) is 4.04. The molecule has 9 heteroatoms. The molecule has 0 bridgehead atoms. The van der Waals surface area contributed by atoms with Gasteiger partial charge in [0.1, 0.15) is 12.7 Å². The Morgan fingerprint density at radius 1 is 1.60 bits per heavy atom. The highest BCUT2D eigenvalue weighted by Crippen LogP contribution is 2.25. The first-order valence-electron chi connectivity index (χ1n) is 6.03. The van der Waals surface area contributed by atoms with E-state index >= 15 is 0 Å². The molecule has 1 aliphatic rings. The summed E-state index contributed by atoms with van der Waals surface area (Å²) in [6, 6.07) is 0. The van der Waals surface area contributed by atoms with Crippen molar-refractivity contribution in [3.05, 3.63) is 0 Å². The van der Waals surface area contributed by atoms with Crippen LogP contribution in [0.2, 0.25) is 0 Å². The van der Waals surface area contributed by atoms with Gasteiger partial charge >= 0.3 is 0 Å². The summed E-state index contributed by atoms with van der Waals surface area (Å²) in [7, 11) is 3.36. The lowest BCUT2D eigenvalue weighted by molar-refractivity contribution is -0.141. The van der Waals surface area contributed by atoms with Gasteiger partial charge in [0.2, 0.25) is 5.16 Å². The summed E-state index contributed by atoms with van der Waals surface area (Å²) in [6.07, 6.45) is -0.117. The van der Waals surface area contributed by atoms with Crippen molar-refractivity contribution in [1.29, 1.82) is 0 Å². The summed E-state index contributed by atoms with van der Waals surface area (Å²) < 4.78 is 20.6. The highest BCUT2D eigenvalue weighted by Gasteiger charge is 2.33. The van der Waals surface area contributed by atoms with Crippen molar-refractivity contribution in [3.63, 3.8) is 0 Å². The summed E-state index contributed by atoms with van der Waals surface area (Å²) in [6.45, 7) is 4.57. The zero-order chi connectivity index (χ0) is 14.8. The van der Waals surface area contributed by atoms with Gasteiger partial charge in [-0.15, -0.1) is 0 Å². The van der Waals surface area contributed by atoms with Gasteiger partial charge in [0, 0.05) is 37.4 Å². The fourth-order valence-electron chi connectivity index (χ4n) is 1.48. The van der Waals surface area contributed by atoms with Crippen molar-refractivity contribution in [2.24, 2.45) is 0 Å². The molecule has 20 heavy (non-hydrogen) atoms. The molecule has 0 aromatic carbocycles. The van der Waals surface area contributed by atoms with Gasteiger partial charge < -0.3 is 19.1 Å². The fourth-order valence-corrected chi connectivity index (χ4v) is 2.71. The van der Waals surface area contributed by atoms with E-state index in [9.17, 15) is 4.79 Å². The largest absolute Gasteiger partial charge is 0.466 e. The average molecular weight is 319 g/mol. The van der Waals surface area contributed by atoms with Gasteiger partial charge in [0.25, 0.3) is 10.4 Å². The molecule has 1 aromatic heterocycles. The lowest BCUT2D eigenvalue weighted by Gasteiger charge is -2.16. The van der Waals surface area contributed by atoms with Crippen LogP contribution < -0.4 is 4.74 Å². The highest BCUT2D eigenvalue weighted by molar-refractivity contribution is 8.13. The first kappa shape index (κ1) is 15.5. The van der Waals surface area contributed by atoms with Crippen LogP contribution in [0.4, 0.5) is 4.79 Å². The van der Waals surface area contributed by atoms with Gasteiger partial charge in [-0.1, -0.05) is 0 Å². The zero-order valence-corrected chi connectivity index (χ0v) is 13.4. The average Bonchev–Trinajstić information content (AvgIpc) is 2.93. The van der Waals surface area contributed by atoms with Gasteiger partial charge in [-0.2, -0.15) is 9.36 Å². The Morgan fingerprint density at radius 2 is 2.35 bits per heavy atom. The van der Waals surface area contributed by atoms with Crippen molar-refractivity contribution >= 4 is 28.5 Å². The zero-order valence-electron chi connectivity index (χ0n) is 11.8. The number of amides is 1. The number of rotatable bonds is 4. The summed E-state index contributed by atoms with van der Waals surface area (Å²) in [5.41, 5.74) is 0. The molecule has 1 saturated heterocycles. The Kier molecular flexibility index (Phi) is 4.84. The molecule has 0 radical (unpaired) electrons. The van der Waals surface area contributed by atoms with Crippen LogP contribution in [0.1, 0.15) is 13.8 Å². The van der Waals surface area contributed by atoms with E-state index in [1.807, 2.05) is 13.8 Å². The van der Waals surface area contributed by atoms with E-state index < -0.39 is 5.79 Å². The van der Waals surface area contributed by atoms with Crippen molar-refractivity contribution in [2.75, 3.05) is 27.3 Å². The van der Waals surface area contributed by atoms with Crippen LogP contribution >= 0.6 is 23.3 Å². The molecule has 2 rings (SSSR count). The molecule has 112 valence electrons. The van der Waals surface area contributed by atoms with Gasteiger partial charge in [-0.3, -0.25) is 4.79 Å². The summed E-state index contributed by atoms with van der Waals surface area (Å²) >= 11 is 2.08. The molecule has 1 atom stereocenters. The lowest BCUT2D eigenvalue weighted by atomic mass is 10.4. The second kappa shape index (κ2) is 6.25. The molecule has 0 N–H and O–H groups in total. The van der Waals surface area contributed by atoms with E-state index in [0.717, 1.165) is 23.3 Å². The van der Waals surface area contributed by atoms with Crippen LogP contribution in [-0.4, -0.2) is 58.7 Å². The SMILES string of the molecule is CN(C)C(=O)Sc1nsc(OC[C@H]2COC(C)(C)O2)n1. The van der Waals surface area contributed by atoms with E-state index in [1.165, 1.54) is 4.90 Å². The summed E-state index contributed by atoms with van der Waals surface area (Å²) in [4.78, 5) is 17.1. The number of thioether (sulfide) groups is 1. The molecule has 1 amide bonds. The number of carbonyl (C=O) groups excluding carboxylic acids is 1. The summed E-state index contributed by atoms with van der Waals surface area (Å²) in [5, 5.41) is 0.698. The highest BCUT2D eigenvalue weighted by atomic mass is 32.2. The van der Waals surface area contributed by atoms with E-state index in [1.54, 1.807) is 14.1 Å². The first-order chi connectivity index (χ1) is 9.35. The fraction of sp³-hybridized carbons (Fsp3) is 0.727. The van der Waals surface area contributed by atoms with Gasteiger partial charge in [-0.05, 0) is 13.8 Å². The Morgan fingerprint density at radius 3 is 2.95 bits per heavy atom. The monoisotopic (exact) mass is 319 g/mol. The normalized spacial score (nSPS) is 20.9. The third-order valence-electron chi connectivity index (χ3n) is 2.39. The molecular formula is C11H17N3O4S2. The van der Waals surface area contributed by atoms with E-state index in [4.69, 9.17) is 14.2 Å². The maximum absolute atomic E-state index is 11.5. The van der Waals surface area contributed by atoms with Gasteiger partial charge in [-0.25, -0.2) is 0 Å². The predicted molar refractivity (Wildman–Crippen MR) is 75.2 cm³/mol. The van der Waals surface area contributed by atoms with Crippen LogP contribution in [0.3, 0.4) is 0 Å². The van der Waals surface area contributed by atoms with Crippen LogP contribution in [0.5, 0.6) is 5.19 Å². The van der Waals surface area contributed by atoms with E-state index in [0.29, 0.717) is 23.6 Å². The number of carbonyl (C=O) groups is 1. The molecule has 0 aliphatic carbocycles. The molecule has 1 aromatic rings. The van der Waals surface area contributed by atoms with E-state index in [-0.39, 0.29) is 11.3 Å². The lowest BCUT2D eigenvalue weighted by Crippen LogP contribution is -2.25. The Bertz CT molecular complexity index is 478. The first-order valence-corrected chi connectivity index (χ1v) is 7.62. The number of hydrogen-bond donors (Lipinski definition) is 0. The van der Waals surface area contributed by atoms with E-state index in [2.05, 4.69) is 9.36 Å². The van der Waals surface area contributed by atoms with Gasteiger partial charge in [0.15, 0.2) is 5.79 Å². The maximum Gasteiger partial charge on any atom is 0.294 e. The molecule has 0 unspecified atom stereocenters. The number of ether oxygens (including phenoxy) is 3. The van der Waals surface area contributed by atoms with Crippen LogP contribution in [0, 0.1) is 0 Å². The summed E-state index contributed by atoms with van der Waals surface area (Å²) in [5.74, 6) is -0.561. The minimum Gasteiger partial charge on any atom is -0.466 e. The smallest absolute Gasteiger partial charge is 0.294 e. The Labute approximate surface area is 125 Å². The molecule has 7 nitrogen and oxygen atoms in total. The molecular weight excluding hydrogens is 302 g/mol. The maximum atomic E-state index is 11.5. The molecule has 1 fully saturated rings. The number of hydrogen-bond acceptors (Lipinski definition) is 8. The standard InChI is InChI=1S/C11H17N3O4S2/c1-11(2)17-6-7(18-11)5-16-9-12-8(13-20-9)19-10(15)14(3)4/h7H,5-6H2,1-4H3/t7-/m0/s1. The minimum atomic E-state index is -0.561. The minimum absolute atomic E-state index is 0.117. The Balaban J connectivity index is 1.80. The predicted octanol–water partition coefficient (Wildman–Crippen LogP) is 1.84. The van der Waals surface area contributed by atoms with Crippen molar-refractivity contribution in [3.8, 4) is 5.19 Å². The quantitative estimate of drug-likeness (QED) is 0.784. The second-order valence-corrected chi connectivity index (χ2v) is 6.50. The molecule has 0 spiro atoms. The van der Waals surface area contributed by atoms with Crippen molar-refractivity contribution in [2.45, 2.75) is 30.9 Å². The van der Waals surface area contributed by atoms with Crippen LogP contribution in [-0.2, 0) is 9.47 Å². The van der Waals surface area contributed by atoms with Crippen LogP contribution in [0.15, 0.2) is 5.16 Å². The number of nitrogens with zero attached hydrogens (tertiary/aromatic N) is 3. The molecule has 0 saturated carbocycles. The Hall–Kier alpha value is -0.900. The topological polar surface area (TPSA) is 73.8 Å². The number of aromatic nitrogens is 2. The second-order valence-electron chi connectivity index (χ2n) is 4.87. The molecule has 2 heterocycles. The van der Waals surface area contributed by atoms with Crippen molar-refractivity contribution in [1.82, 2.24) is 14.3 Å². The molecule has 1 aliphatic heterocycles. The third kappa shape index (κ3) is 4.30. The van der Waals surface area contributed by atoms with Gasteiger partial charge in [0.05, 0.1) is 6.61 Å². The van der Waals surface area contributed by atoms with Crippen LogP contribution in [0.25, 0.3) is 0 Å². The van der Waals surface area contributed by atoms with Crippen molar-refractivity contribution < 1.29 is 19.0 Å².